The minimum absolute atomic E-state index is 0.122. The Balaban J connectivity index is 1.29. The molecule has 2 heterocycles. The van der Waals surface area contributed by atoms with Gasteiger partial charge in [-0.15, -0.1) is 5.10 Å². The smallest absolute Gasteiger partial charge is 0.273 e. The summed E-state index contributed by atoms with van der Waals surface area (Å²) in [5.74, 6) is -0.122. The van der Waals surface area contributed by atoms with Gasteiger partial charge in [-0.05, 0) is 30.4 Å². The predicted molar refractivity (Wildman–Crippen MR) is 99.1 cm³/mol. The molecule has 4 rings (SSSR count). The summed E-state index contributed by atoms with van der Waals surface area (Å²) in [5, 5.41) is 14.6. The molecule has 1 amide bonds. The molecule has 1 aromatic heterocycles. The van der Waals surface area contributed by atoms with E-state index >= 15 is 0 Å². The fourth-order valence-corrected chi connectivity index (χ4v) is 3.77. The number of hydrogen-bond donors (Lipinski definition) is 2. The van der Waals surface area contributed by atoms with E-state index in [1.807, 2.05) is 0 Å². The van der Waals surface area contributed by atoms with Crippen LogP contribution in [0.4, 0.5) is 0 Å². The first-order chi connectivity index (χ1) is 12.8. The zero-order chi connectivity index (χ0) is 17.8. The van der Waals surface area contributed by atoms with Gasteiger partial charge in [0, 0.05) is 38.8 Å². The van der Waals surface area contributed by atoms with Crippen LogP contribution in [0.3, 0.4) is 0 Å². The zero-order valence-electron chi connectivity index (χ0n) is 15.0. The largest absolute Gasteiger partial charge is 0.348 e. The molecule has 1 aliphatic carbocycles. The maximum Gasteiger partial charge on any atom is 0.273 e. The van der Waals surface area contributed by atoms with Gasteiger partial charge in [0.2, 0.25) is 0 Å². The zero-order valence-corrected chi connectivity index (χ0v) is 15.0. The lowest BCUT2D eigenvalue weighted by Crippen LogP contribution is -2.44. The second-order valence-electron chi connectivity index (χ2n) is 7.14. The van der Waals surface area contributed by atoms with Crippen LogP contribution in [0.15, 0.2) is 30.5 Å². The Morgan fingerprint density at radius 1 is 1.19 bits per heavy atom. The fourth-order valence-electron chi connectivity index (χ4n) is 3.77. The van der Waals surface area contributed by atoms with Gasteiger partial charge >= 0.3 is 0 Å². The predicted octanol–water partition coefficient (Wildman–Crippen LogP) is 0.471. The van der Waals surface area contributed by atoms with Gasteiger partial charge < -0.3 is 10.6 Å². The quantitative estimate of drug-likeness (QED) is 0.817. The highest BCUT2D eigenvalue weighted by Gasteiger charge is 2.21. The molecule has 1 saturated heterocycles. The van der Waals surface area contributed by atoms with Crippen LogP contribution in [0.1, 0.15) is 28.0 Å². The lowest BCUT2D eigenvalue weighted by Gasteiger charge is -2.26. The van der Waals surface area contributed by atoms with E-state index in [-0.39, 0.29) is 11.9 Å². The monoisotopic (exact) mass is 354 g/mol. The first-order valence-electron chi connectivity index (χ1n) is 9.49. The molecule has 0 radical (unpaired) electrons. The molecular formula is C19H26N6O. The van der Waals surface area contributed by atoms with Gasteiger partial charge in [0.1, 0.15) is 0 Å². The van der Waals surface area contributed by atoms with Gasteiger partial charge in [0.25, 0.3) is 5.91 Å². The summed E-state index contributed by atoms with van der Waals surface area (Å²) in [6.07, 6.45) is 4.63. The molecule has 1 atom stereocenters. The Morgan fingerprint density at radius 2 is 2.00 bits per heavy atom. The lowest BCUT2D eigenvalue weighted by molar-refractivity contribution is 0.0928. The Hall–Kier alpha value is -2.25. The molecule has 0 spiro atoms. The highest BCUT2D eigenvalue weighted by atomic mass is 16.2. The Labute approximate surface area is 153 Å². The molecular weight excluding hydrogens is 328 g/mol. The summed E-state index contributed by atoms with van der Waals surface area (Å²) in [4.78, 5) is 14.9. The lowest BCUT2D eigenvalue weighted by atomic mass is 9.88. The van der Waals surface area contributed by atoms with E-state index in [4.69, 9.17) is 0 Å². The Bertz CT molecular complexity index is 752. The van der Waals surface area contributed by atoms with Gasteiger partial charge in [-0.2, -0.15) is 0 Å². The number of piperazine rings is 1. The third kappa shape index (κ3) is 4.11. The second kappa shape index (κ2) is 7.97. The number of aryl methyl sites for hydroxylation is 1. The number of aromatic nitrogens is 3. The summed E-state index contributed by atoms with van der Waals surface area (Å²) in [6, 6.07) is 8.64. The number of carbonyl (C=O) groups is 1. The van der Waals surface area contributed by atoms with Crippen LogP contribution in [0.2, 0.25) is 0 Å². The van der Waals surface area contributed by atoms with E-state index in [1.54, 1.807) is 10.9 Å². The maximum atomic E-state index is 12.5. The standard InChI is InChI=1S/C19H26N6O/c26-19(21-17-6-5-15-3-1-2-4-16(15)13-17)18-14-25(23-22-18)12-11-24-9-7-20-8-10-24/h1-4,14,17,20H,5-13H2,(H,21,26). The number of hydrogen-bond acceptors (Lipinski definition) is 5. The number of fused-ring (bicyclic) bond motifs is 1. The van der Waals surface area contributed by atoms with Crippen molar-refractivity contribution in [3.05, 3.63) is 47.3 Å². The third-order valence-corrected chi connectivity index (χ3v) is 5.31. The maximum absolute atomic E-state index is 12.5. The molecule has 2 N–H and O–H groups in total. The van der Waals surface area contributed by atoms with Crippen LogP contribution in [-0.2, 0) is 19.4 Å². The van der Waals surface area contributed by atoms with Crippen LogP contribution < -0.4 is 10.6 Å². The van der Waals surface area contributed by atoms with Crippen molar-refractivity contribution in [1.82, 2.24) is 30.5 Å². The van der Waals surface area contributed by atoms with Crippen molar-refractivity contribution >= 4 is 5.91 Å². The number of benzene rings is 1. The number of nitrogens with zero attached hydrogens (tertiary/aromatic N) is 4. The number of nitrogens with one attached hydrogen (secondary N) is 2. The normalized spacial score (nSPS) is 20.5. The van der Waals surface area contributed by atoms with Gasteiger partial charge in [0.15, 0.2) is 5.69 Å². The first-order valence-corrected chi connectivity index (χ1v) is 9.49. The van der Waals surface area contributed by atoms with Crippen molar-refractivity contribution in [3.8, 4) is 0 Å². The van der Waals surface area contributed by atoms with Gasteiger partial charge in [0.05, 0.1) is 12.7 Å². The summed E-state index contributed by atoms with van der Waals surface area (Å²) in [7, 11) is 0. The second-order valence-corrected chi connectivity index (χ2v) is 7.14. The van der Waals surface area contributed by atoms with Crippen molar-refractivity contribution in [3.63, 3.8) is 0 Å². The average Bonchev–Trinajstić information content (AvgIpc) is 3.16. The minimum Gasteiger partial charge on any atom is -0.348 e. The first kappa shape index (κ1) is 17.2. The molecule has 2 aliphatic rings. The molecule has 1 fully saturated rings. The fraction of sp³-hybridized carbons (Fsp3) is 0.526. The van der Waals surface area contributed by atoms with Crippen LogP contribution >= 0.6 is 0 Å². The summed E-state index contributed by atoms with van der Waals surface area (Å²) in [6.45, 7) is 5.89. The van der Waals surface area contributed by atoms with Crippen molar-refractivity contribution in [2.24, 2.45) is 0 Å². The van der Waals surface area contributed by atoms with Crippen molar-refractivity contribution in [1.29, 1.82) is 0 Å². The molecule has 0 bridgehead atoms. The number of carbonyl (C=O) groups excluding carboxylic acids is 1. The minimum atomic E-state index is -0.122. The highest BCUT2D eigenvalue weighted by Crippen LogP contribution is 2.21. The van der Waals surface area contributed by atoms with Crippen molar-refractivity contribution in [2.75, 3.05) is 32.7 Å². The molecule has 1 aliphatic heterocycles. The summed E-state index contributed by atoms with van der Waals surface area (Å²) < 4.78 is 1.77. The summed E-state index contributed by atoms with van der Waals surface area (Å²) >= 11 is 0. The molecule has 1 unspecified atom stereocenters. The van der Waals surface area contributed by atoms with E-state index in [0.717, 1.165) is 58.5 Å². The van der Waals surface area contributed by atoms with E-state index in [2.05, 4.69) is 50.1 Å². The Morgan fingerprint density at radius 3 is 2.85 bits per heavy atom. The molecule has 1 aromatic carbocycles. The van der Waals surface area contributed by atoms with Crippen LogP contribution in [0, 0.1) is 0 Å². The third-order valence-electron chi connectivity index (χ3n) is 5.31. The number of rotatable bonds is 5. The van der Waals surface area contributed by atoms with E-state index < -0.39 is 0 Å². The molecule has 138 valence electrons. The van der Waals surface area contributed by atoms with Gasteiger partial charge in [-0.1, -0.05) is 29.5 Å². The SMILES string of the molecule is O=C(NC1CCc2ccccc2C1)c1cn(CCN2CCNCC2)nn1. The van der Waals surface area contributed by atoms with E-state index in [9.17, 15) is 4.79 Å². The van der Waals surface area contributed by atoms with E-state index in [1.165, 1.54) is 11.1 Å². The van der Waals surface area contributed by atoms with Crippen molar-refractivity contribution in [2.45, 2.75) is 31.8 Å². The molecule has 7 heteroatoms. The van der Waals surface area contributed by atoms with Crippen molar-refractivity contribution < 1.29 is 4.79 Å². The van der Waals surface area contributed by atoms with Crippen LogP contribution in [0.25, 0.3) is 0 Å². The van der Waals surface area contributed by atoms with Crippen LogP contribution in [0.5, 0.6) is 0 Å². The average molecular weight is 354 g/mol. The molecule has 26 heavy (non-hydrogen) atoms. The Kier molecular flexibility index (Phi) is 5.26. The van der Waals surface area contributed by atoms with Gasteiger partial charge in [-0.3, -0.25) is 14.4 Å². The number of amides is 1. The van der Waals surface area contributed by atoms with Gasteiger partial charge in [-0.25, -0.2) is 0 Å². The summed E-state index contributed by atoms with van der Waals surface area (Å²) in [5.41, 5.74) is 3.14. The molecule has 2 aromatic rings. The van der Waals surface area contributed by atoms with E-state index in [0.29, 0.717) is 5.69 Å². The molecule has 7 nitrogen and oxygen atoms in total. The topological polar surface area (TPSA) is 75.1 Å². The highest BCUT2D eigenvalue weighted by molar-refractivity contribution is 5.92. The van der Waals surface area contributed by atoms with Crippen LogP contribution in [-0.4, -0.2) is 64.6 Å². The molecule has 0 saturated carbocycles.